The van der Waals surface area contributed by atoms with Crippen LogP contribution in [0, 0.1) is 0 Å². The molecule has 0 radical (unpaired) electrons. The fraction of sp³-hybridized carbons (Fsp3) is 0.167. The van der Waals surface area contributed by atoms with Crippen molar-refractivity contribution in [1.82, 2.24) is 14.3 Å². The van der Waals surface area contributed by atoms with E-state index >= 15 is 0 Å². The van der Waals surface area contributed by atoms with Crippen LogP contribution < -0.4 is 15.2 Å². The third kappa shape index (κ3) is 3.46. The maximum atomic E-state index is 13.4. The Morgan fingerprint density at radius 2 is 1.57 bits per heavy atom. The first kappa shape index (κ1) is 21.6. The van der Waals surface area contributed by atoms with E-state index in [1.54, 1.807) is 10.6 Å². The third-order valence-corrected chi connectivity index (χ3v) is 7.38. The highest BCUT2D eigenvalue weighted by atomic mass is 16.5. The predicted molar refractivity (Wildman–Crippen MR) is 146 cm³/mol. The highest BCUT2D eigenvalue weighted by Crippen LogP contribution is 2.34. The second kappa shape index (κ2) is 8.48. The normalized spacial score (nSPS) is 14.3. The van der Waals surface area contributed by atoms with Gasteiger partial charge in [0.25, 0.3) is 11.5 Å². The van der Waals surface area contributed by atoms with Crippen molar-refractivity contribution in [1.29, 1.82) is 0 Å². The highest BCUT2D eigenvalue weighted by molar-refractivity contribution is 6.18. The summed E-state index contributed by atoms with van der Waals surface area (Å²) in [4.78, 5) is 35.1. The Labute approximate surface area is 212 Å². The van der Waals surface area contributed by atoms with Gasteiger partial charge in [-0.1, -0.05) is 36.4 Å². The molecule has 7 rings (SSSR count). The average molecular weight is 489 g/mol. The molecule has 1 saturated heterocycles. The molecule has 1 fully saturated rings. The minimum atomic E-state index is -0.0606. The minimum absolute atomic E-state index is 0.0212. The van der Waals surface area contributed by atoms with Gasteiger partial charge in [-0.15, -0.1) is 0 Å². The molecule has 0 atom stereocenters. The van der Waals surface area contributed by atoms with Gasteiger partial charge in [-0.2, -0.15) is 0 Å². The smallest absolute Gasteiger partial charge is 0.263 e. The van der Waals surface area contributed by atoms with Crippen LogP contribution in [0.4, 0.5) is 5.69 Å². The number of carbonyl (C=O) groups is 1. The van der Waals surface area contributed by atoms with E-state index in [4.69, 9.17) is 4.74 Å². The summed E-state index contributed by atoms with van der Waals surface area (Å²) >= 11 is 0. The number of rotatable bonds is 4. The molecule has 3 aromatic carbocycles. The van der Waals surface area contributed by atoms with Gasteiger partial charge in [0.05, 0.1) is 16.6 Å². The number of anilines is 1. The van der Waals surface area contributed by atoms with Gasteiger partial charge in [0.15, 0.2) is 6.61 Å². The number of aromatic nitrogens is 2. The first-order valence-corrected chi connectivity index (χ1v) is 12.5. The summed E-state index contributed by atoms with van der Waals surface area (Å²) in [5.74, 6) is 0.579. The molecule has 1 aliphatic rings. The number of carbonyl (C=O) groups excluding carboxylic acids is 1. The molecule has 3 aromatic heterocycles. The zero-order chi connectivity index (χ0) is 24.9. The van der Waals surface area contributed by atoms with Crippen molar-refractivity contribution >= 4 is 49.7 Å². The van der Waals surface area contributed by atoms with E-state index in [0.717, 1.165) is 45.8 Å². The number of nitrogens with zero attached hydrogens (tertiary/aromatic N) is 4. The van der Waals surface area contributed by atoms with Gasteiger partial charge in [0, 0.05) is 59.6 Å². The topological polar surface area (TPSA) is 67.2 Å². The van der Waals surface area contributed by atoms with Crippen LogP contribution in [0.2, 0.25) is 0 Å². The second-order valence-corrected chi connectivity index (χ2v) is 9.41. The van der Waals surface area contributed by atoms with Crippen molar-refractivity contribution in [2.75, 3.05) is 37.7 Å². The molecular formula is C30H24N4O3. The lowest BCUT2D eigenvalue weighted by Crippen LogP contribution is -2.50. The van der Waals surface area contributed by atoms with Gasteiger partial charge in [0.2, 0.25) is 0 Å². The lowest BCUT2D eigenvalue weighted by atomic mass is 10.1. The highest BCUT2D eigenvalue weighted by Gasteiger charge is 2.22. The summed E-state index contributed by atoms with van der Waals surface area (Å²) in [6.07, 6.45) is 1.78. The Morgan fingerprint density at radius 3 is 2.38 bits per heavy atom. The van der Waals surface area contributed by atoms with Crippen LogP contribution >= 0.6 is 0 Å². The van der Waals surface area contributed by atoms with Crippen LogP contribution in [-0.2, 0) is 4.79 Å². The lowest BCUT2D eigenvalue weighted by molar-refractivity contribution is -0.133. The Kier molecular flexibility index (Phi) is 4.96. The number of amides is 1. The molecule has 0 saturated carbocycles. The van der Waals surface area contributed by atoms with Gasteiger partial charge in [-0.3, -0.25) is 19.0 Å². The zero-order valence-electron chi connectivity index (χ0n) is 20.1. The second-order valence-electron chi connectivity index (χ2n) is 9.41. The van der Waals surface area contributed by atoms with E-state index in [1.165, 1.54) is 5.69 Å². The molecule has 0 spiro atoms. The average Bonchev–Trinajstić information content (AvgIpc) is 3.30. The Morgan fingerprint density at radius 1 is 0.811 bits per heavy atom. The Bertz CT molecular complexity index is 1840. The van der Waals surface area contributed by atoms with Crippen molar-refractivity contribution in [3.63, 3.8) is 0 Å². The first-order chi connectivity index (χ1) is 18.2. The number of hydrogen-bond donors (Lipinski definition) is 0. The summed E-state index contributed by atoms with van der Waals surface area (Å²) < 4.78 is 7.70. The number of pyridine rings is 2. The van der Waals surface area contributed by atoms with E-state index in [9.17, 15) is 9.59 Å². The molecule has 0 unspecified atom stereocenters. The number of hydrogen-bond acceptors (Lipinski definition) is 5. The molecular weight excluding hydrogens is 464 g/mol. The molecule has 182 valence electrons. The van der Waals surface area contributed by atoms with E-state index in [-0.39, 0.29) is 18.1 Å². The fourth-order valence-electron chi connectivity index (χ4n) is 5.53. The molecule has 4 heterocycles. The van der Waals surface area contributed by atoms with Crippen LogP contribution in [0.1, 0.15) is 0 Å². The van der Waals surface area contributed by atoms with Crippen molar-refractivity contribution in [3.05, 3.63) is 95.4 Å². The maximum Gasteiger partial charge on any atom is 0.263 e. The molecule has 0 aliphatic carbocycles. The van der Waals surface area contributed by atoms with Crippen molar-refractivity contribution < 1.29 is 9.53 Å². The monoisotopic (exact) mass is 488 g/mol. The quantitative estimate of drug-likeness (QED) is 0.346. The third-order valence-electron chi connectivity index (χ3n) is 7.38. The van der Waals surface area contributed by atoms with Crippen molar-refractivity contribution in [3.8, 4) is 5.75 Å². The van der Waals surface area contributed by atoms with Crippen LogP contribution in [0.3, 0.4) is 0 Å². The molecule has 6 aromatic rings. The number of ether oxygens (including phenoxy) is 1. The predicted octanol–water partition coefficient (Wildman–Crippen LogP) is 4.32. The van der Waals surface area contributed by atoms with Gasteiger partial charge in [-0.25, -0.2) is 0 Å². The van der Waals surface area contributed by atoms with E-state index in [0.29, 0.717) is 24.2 Å². The maximum absolute atomic E-state index is 13.4. The van der Waals surface area contributed by atoms with E-state index in [1.807, 2.05) is 71.6 Å². The number of piperazine rings is 1. The lowest BCUT2D eigenvalue weighted by Gasteiger charge is -2.36. The molecule has 1 aliphatic heterocycles. The van der Waals surface area contributed by atoms with Crippen LogP contribution in [0.15, 0.2) is 89.9 Å². The number of fused-ring (bicyclic) bond motifs is 5. The molecule has 7 heteroatoms. The molecule has 1 amide bonds. The van der Waals surface area contributed by atoms with Crippen LogP contribution in [0.5, 0.6) is 5.75 Å². The summed E-state index contributed by atoms with van der Waals surface area (Å²) in [5.41, 5.74) is 3.54. The zero-order valence-corrected chi connectivity index (χ0v) is 20.1. The van der Waals surface area contributed by atoms with Crippen LogP contribution in [0.25, 0.3) is 38.1 Å². The summed E-state index contributed by atoms with van der Waals surface area (Å²) in [5, 5.41) is 3.34. The van der Waals surface area contributed by atoms with Crippen molar-refractivity contribution in [2.24, 2.45) is 0 Å². The summed E-state index contributed by atoms with van der Waals surface area (Å²) in [6, 6.07) is 25.4. The fourth-order valence-corrected chi connectivity index (χ4v) is 5.53. The minimum Gasteiger partial charge on any atom is -0.484 e. The molecule has 7 nitrogen and oxygen atoms in total. The van der Waals surface area contributed by atoms with Gasteiger partial charge >= 0.3 is 0 Å². The largest absolute Gasteiger partial charge is 0.484 e. The summed E-state index contributed by atoms with van der Waals surface area (Å²) in [6.45, 7) is 2.92. The Hall–Kier alpha value is -4.65. The SMILES string of the molecule is O=C(COc1ccc2c(c1)c1ccnc3c4ccccc4c(=O)n2c13)N1CCN(c2ccccc2)CC1. The summed E-state index contributed by atoms with van der Waals surface area (Å²) in [7, 11) is 0. The number of para-hydroxylation sites is 1. The van der Waals surface area contributed by atoms with E-state index in [2.05, 4.69) is 22.0 Å². The van der Waals surface area contributed by atoms with E-state index < -0.39 is 0 Å². The van der Waals surface area contributed by atoms with Gasteiger partial charge in [0.1, 0.15) is 5.75 Å². The standard InChI is InChI=1S/C30H24N4O3/c35-27(33-16-14-32(15-17-33)20-6-2-1-3-7-20)19-37-21-10-11-26-25(18-21)23-12-13-31-28-22-8-4-5-9-24(22)30(36)34(26)29(23)28/h1-13,18H,14-17,19H2. The first-order valence-electron chi connectivity index (χ1n) is 12.5. The van der Waals surface area contributed by atoms with Gasteiger partial charge < -0.3 is 14.5 Å². The molecule has 0 N–H and O–H groups in total. The molecule has 0 bridgehead atoms. The van der Waals surface area contributed by atoms with Crippen molar-refractivity contribution in [2.45, 2.75) is 0 Å². The van der Waals surface area contributed by atoms with Crippen LogP contribution in [-0.4, -0.2) is 53.0 Å². The number of benzene rings is 3. The molecule has 37 heavy (non-hydrogen) atoms. The van der Waals surface area contributed by atoms with Gasteiger partial charge in [-0.05, 0) is 42.5 Å². The Balaban J connectivity index is 1.15.